The van der Waals surface area contributed by atoms with Crippen molar-refractivity contribution < 1.29 is 82.2 Å². The Morgan fingerprint density at radius 2 is 1.29 bits per heavy atom. The molecule has 4 N–H and O–H groups in total. The van der Waals surface area contributed by atoms with Gasteiger partial charge in [-0.15, -0.1) is 0 Å². The molecule has 4 fully saturated rings. The summed E-state index contributed by atoms with van der Waals surface area (Å²) in [7, 11) is 0.699. The molecule has 2 saturated heterocycles. The quantitative estimate of drug-likeness (QED) is 0.0843. The van der Waals surface area contributed by atoms with Crippen molar-refractivity contribution in [3.8, 4) is 0 Å². The first-order chi connectivity index (χ1) is 30.5. The predicted molar refractivity (Wildman–Crippen MR) is 236 cm³/mol. The van der Waals surface area contributed by atoms with Crippen LogP contribution in [-0.2, 0) is 60.6 Å². The van der Waals surface area contributed by atoms with E-state index in [1.807, 2.05) is 0 Å². The molecule has 2 unspecified atom stereocenters. The van der Waals surface area contributed by atoms with Gasteiger partial charge in [-0.25, -0.2) is 9.97 Å². The standard InChI is InChI=1S/C18H28N4O3.C14H22N4O3.C4H6BO4.C4H6O.C2H4O2.Na/c1-3-25-16(23)12-22-13(2)9-19-17(18(22)24)20-10-15-5-4-8-21(15)11-14-6-7-14;1-3-21-12(19)9-18-10(2)7-16-13(14(18)20)17-8-11-5-4-6-15-11;1-3(6)8-5-9-4(2)7;5-3-4-1-2-4;1-2(3)4;/h9,14-15H,3-8,10-12H2,1-2H3,(H,19,20);7,11,15H,3-6,8-9H2,1-2H3,(H,16,17);1-2H3;3-4H,1-2H2;1H3,(H,3,4);/q;;-1;;;+1. The molecule has 21 nitrogen and oxygen atoms in total. The van der Waals surface area contributed by atoms with E-state index in [-0.39, 0.29) is 59.6 Å². The van der Waals surface area contributed by atoms with Gasteiger partial charge < -0.3 is 44.6 Å². The molecule has 4 heterocycles. The van der Waals surface area contributed by atoms with E-state index in [1.54, 1.807) is 40.1 Å². The number of carbonyl (C=O) groups is 6. The minimum Gasteiger partial charge on any atom is -0.702 e. The summed E-state index contributed by atoms with van der Waals surface area (Å²) in [6, 6.07) is 0.826. The number of aldehydes is 1. The number of aromatic nitrogens is 4. The molecule has 2 aromatic heterocycles. The molecule has 0 aromatic carbocycles. The molecule has 0 bridgehead atoms. The van der Waals surface area contributed by atoms with Crippen molar-refractivity contribution in [2.45, 2.75) is 125 Å². The fraction of sp³-hybridized carbons (Fsp3) is 0.667. The van der Waals surface area contributed by atoms with E-state index in [1.165, 1.54) is 48.8 Å². The molecular formula is C42H66BN8NaO13. The molecule has 2 saturated carbocycles. The van der Waals surface area contributed by atoms with Gasteiger partial charge in [0.25, 0.3) is 29.0 Å². The molecule has 65 heavy (non-hydrogen) atoms. The van der Waals surface area contributed by atoms with E-state index >= 15 is 0 Å². The zero-order valence-corrected chi connectivity index (χ0v) is 41.2. The molecule has 2 aliphatic carbocycles. The normalized spacial score (nSPS) is 16.9. The van der Waals surface area contributed by atoms with E-state index in [0.717, 1.165) is 70.9 Å². The summed E-state index contributed by atoms with van der Waals surface area (Å²) < 4.78 is 20.9. The minimum atomic E-state index is -0.833. The second-order valence-electron chi connectivity index (χ2n) is 15.5. The number of rotatable bonds is 17. The van der Waals surface area contributed by atoms with Gasteiger partial charge in [-0.1, -0.05) is 0 Å². The Hall–Kier alpha value is -4.64. The SMILES string of the molecule is CC(=O)O.CC(=O)O[B-]OC(C)=O.CCOC(=O)Cn1c(C)cnc(NCC2CCCN2)c1=O.CCOC(=O)Cn1c(C)cnc(NCC2CCCN2CC2CC2)c1=O.O=CC1CC1.[Na+]. The minimum absolute atomic E-state index is 0. The van der Waals surface area contributed by atoms with Crippen molar-refractivity contribution in [3.63, 3.8) is 0 Å². The van der Waals surface area contributed by atoms with Gasteiger partial charge in [-0.3, -0.25) is 47.6 Å². The van der Waals surface area contributed by atoms with Crippen molar-refractivity contribution in [1.29, 1.82) is 0 Å². The molecule has 6 rings (SSSR count). The second-order valence-corrected chi connectivity index (χ2v) is 15.5. The Bertz CT molecular complexity index is 1920. The molecule has 0 spiro atoms. The maximum atomic E-state index is 12.6. The Kier molecular flexibility index (Phi) is 28.8. The third-order valence-electron chi connectivity index (χ3n) is 9.81. The maximum Gasteiger partial charge on any atom is 1.00 e. The van der Waals surface area contributed by atoms with Gasteiger partial charge >= 0.3 is 41.5 Å². The fourth-order valence-corrected chi connectivity index (χ4v) is 6.20. The molecule has 23 heteroatoms. The van der Waals surface area contributed by atoms with Crippen LogP contribution in [0, 0.1) is 25.7 Å². The van der Waals surface area contributed by atoms with Crippen LogP contribution in [0.2, 0.25) is 0 Å². The van der Waals surface area contributed by atoms with Crippen LogP contribution < -0.4 is 56.6 Å². The van der Waals surface area contributed by atoms with E-state index in [9.17, 15) is 33.6 Å². The first kappa shape index (κ1) is 58.4. The molecule has 2 aliphatic heterocycles. The van der Waals surface area contributed by atoms with E-state index in [0.29, 0.717) is 62.7 Å². The Morgan fingerprint density at radius 3 is 1.68 bits per heavy atom. The number of carboxylic acids is 1. The third-order valence-corrected chi connectivity index (χ3v) is 9.81. The Morgan fingerprint density at radius 1 is 0.800 bits per heavy atom. The van der Waals surface area contributed by atoms with E-state index in [4.69, 9.17) is 19.4 Å². The van der Waals surface area contributed by atoms with Gasteiger partial charge in [0.2, 0.25) is 0 Å². The number of nitrogens with one attached hydrogen (secondary N) is 3. The number of carboxylic acid groups (broad SMARTS) is 1. The molecular weight excluding hydrogens is 858 g/mol. The number of aliphatic carboxylic acids is 1. The predicted octanol–water partition coefficient (Wildman–Crippen LogP) is -0.983. The van der Waals surface area contributed by atoms with Crippen LogP contribution in [0.3, 0.4) is 0 Å². The zero-order valence-electron chi connectivity index (χ0n) is 39.2. The Balaban J connectivity index is 0.000000471. The first-order valence-corrected chi connectivity index (χ1v) is 21.7. The number of esters is 2. The molecule has 356 valence electrons. The molecule has 2 atom stereocenters. The second kappa shape index (κ2) is 32.1. The summed E-state index contributed by atoms with van der Waals surface area (Å²) in [5.41, 5.74) is 0.735. The van der Waals surface area contributed by atoms with Gasteiger partial charge in [0.05, 0.1) is 13.2 Å². The van der Waals surface area contributed by atoms with Crippen molar-refractivity contribution in [2.24, 2.45) is 11.8 Å². The van der Waals surface area contributed by atoms with Crippen molar-refractivity contribution in [2.75, 3.05) is 56.6 Å². The van der Waals surface area contributed by atoms with Gasteiger partial charge in [-0.2, -0.15) is 0 Å². The van der Waals surface area contributed by atoms with Crippen molar-refractivity contribution in [3.05, 3.63) is 44.5 Å². The van der Waals surface area contributed by atoms with Gasteiger partial charge in [0.1, 0.15) is 27.1 Å². The summed E-state index contributed by atoms with van der Waals surface area (Å²) in [5.74, 6) is -0.775. The molecule has 0 amide bonds. The largest absolute Gasteiger partial charge is 1.00 e. The maximum absolute atomic E-state index is 12.6. The van der Waals surface area contributed by atoms with Crippen LogP contribution in [0.1, 0.15) is 97.4 Å². The fourth-order valence-electron chi connectivity index (χ4n) is 6.20. The summed E-state index contributed by atoms with van der Waals surface area (Å²) in [6.45, 7) is 15.7. The van der Waals surface area contributed by atoms with Crippen LogP contribution in [0.15, 0.2) is 22.0 Å². The average Bonchev–Trinajstić information content (AvgIpc) is 4.15. The van der Waals surface area contributed by atoms with Gasteiger partial charge in [0.15, 0.2) is 11.6 Å². The van der Waals surface area contributed by atoms with E-state index < -0.39 is 29.8 Å². The number of hydrogen-bond acceptors (Lipinski definition) is 18. The van der Waals surface area contributed by atoms with Crippen LogP contribution in [0.25, 0.3) is 0 Å². The molecule has 2 aromatic rings. The number of anilines is 2. The van der Waals surface area contributed by atoms with E-state index in [2.05, 4.69) is 40.1 Å². The Labute approximate surface area is 403 Å². The zero-order chi connectivity index (χ0) is 47.6. The summed E-state index contributed by atoms with van der Waals surface area (Å²) in [4.78, 5) is 97.7. The number of ether oxygens (including phenoxy) is 2. The molecule has 2 radical (unpaired) electrons. The monoisotopic (exact) mass is 924 g/mol. The van der Waals surface area contributed by atoms with Crippen molar-refractivity contribution in [1.82, 2.24) is 29.3 Å². The van der Waals surface area contributed by atoms with Crippen molar-refractivity contribution >= 4 is 55.5 Å². The average molecular weight is 925 g/mol. The smallest absolute Gasteiger partial charge is 0.702 e. The first-order valence-electron chi connectivity index (χ1n) is 21.7. The summed E-state index contributed by atoms with van der Waals surface area (Å²) in [5, 5.41) is 17.0. The number of carbonyl (C=O) groups excluding carboxylic acids is 5. The number of hydrogen-bond donors (Lipinski definition) is 4. The molecule has 4 aliphatic rings. The van der Waals surface area contributed by atoms with Crippen LogP contribution in [0.4, 0.5) is 11.6 Å². The summed E-state index contributed by atoms with van der Waals surface area (Å²) in [6.07, 6.45) is 13.9. The van der Waals surface area contributed by atoms with Gasteiger partial charge in [0, 0.05) is 82.2 Å². The van der Waals surface area contributed by atoms with Gasteiger partial charge in [-0.05, 0) is 98.1 Å². The van der Waals surface area contributed by atoms with Crippen LogP contribution in [-0.4, -0.2) is 131 Å². The summed E-state index contributed by atoms with van der Waals surface area (Å²) >= 11 is 0. The third kappa shape index (κ3) is 25.0. The number of nitrogens with zero attached hydrogens (tertiary/aromatic N) is 5. The van der Waals surface area contributed by atoms with Crippen LogP contribution >= 0.6 is 0 Å². The number of likely N-dealkylation sites (tertiary alicyclic amines) is 1. The van der Waals surface area contributed by atoms with Crippen LogP contribution in [0.5, 0.6) is 0 Å². The number of aryl methyl sites for hydroxylation is 2. The topological polar surface area (TPSA) is 269 Å².